The number of imide groups is 1. The van der Waals surface area contributed by atoms with Crippen molar-refractivity contribution < 1.29 is 24.0 Å². The molecule has 0 N–H and O–H groups in total. The highest BCUT2D eigenvalue weighted by molar-refractivity contribution is 6.22. The fraction of sp³-hybridized carbons (Fsp3) is 0.318. The van der Waals surface area contributed by atoms with Gasteiger partial charge in [-0.1, -0.05) is 0 Å². The molecule has 0 aromatic heterocycles. The number of benzene rings is 2. The largest absolute Gasteiger partial charge is 0.423 e. The number of ether oxygens (including phenoxy) is 1. The van der Waals surface area contributed by atoms with E-state index in [-0.39, 0.29) is 40.7 Å². The van der Waals surface area contributed by atoms with Crippen LogP contribution in [0, 0.1) is 33.8 Å². The van der Waals surface area contributed by atoms with Crippen molar-refractivity contribution in [3.63, 3.8) is 0 Å². The molecule has 2 saturated carbocycles. The Labute approximate surface area is 171 Å². The first-order chi connectivity index (χ1) is 14.4. The van der Waals surface area contributed by atoms with Crippen LogP contribution in [0.3, 0.4) is 0 Å². The lowest BCUT2D eigenvalue weighted by molar-refractivity contribution is -0.384. The molecule has 3 aliphatic rings. The van der Waals surface area contributed by atoms with Crippen molar-refractivity contribution in [1.29, 1.82) is 0 Å². The minimum Gasteiger partial charge on any atom is -0.423 e. The molecule has 2 bridgehead atoms. The molecule has 3 fully saturated rings. The molecule has 4 atom stereocenters. The van der Waals surface area contributed by atoms with E-state index < -0.39 is 10.9 Å². The first-order valence-corrected chi connectivity index (χ1v) is 9.88. The minimum atomic E-state index is -0.635. The van der Waals surface area contributed by atoms with E-state index in [0.717, 1.165) is 19.3 Å². The number of carbonyl (C=O) groups is 3. The van der Waals surface area contributed by atoms with Crippen molar-refractivity contribution in [3.05, 3.63) is 64.2 Å². The molecule has 152 valence electrons. The number of non-ortho nitro benzene ring substituents is 1. The number of amides is 2. The van der Waals surface area contributed by atoms with Crippen molar-refractivity contribution in [2.45, 2.75) is 19.3 Å². The number of hydrogen-bond acceptors (Lipinski definition) is 6. The Hall–Kier alpha value is -3.55. The van der Waals surface area contributed by atoms with E-state index in [9.17, 15) is 24.5 Å². The van der Waals surface area contributed by atoms with Gasteiger partial charge in [0.25, 0.3) is 5.69 Å². The van der Waals surface area contributed by atoms with Crippen LogP contribution in [0.4, 0.5) is 11.4 Å². The van der Waals surface area contributed by atoms with Crippen LogP contribution >= 0.6 is 0 Å². The molecule has 2 aromatic rings. The molecule has 1 aliphatic heterocycles. The highest BCUT2D eigenvalue weighted by atomic mass is 16.6. The second kappa shape index (κ2) is 6.76. The van der Waals surface area contributed by atoms with Gasteiger partial charge in [-0.3, -0.25) is 24.6 Å². The van der Waals surface area contributed by atoms with Crippen molar-refractivity contribution in [2.24, 2.45) is 23.7 Å². The monoisotopic (exact) mass is 406 g/mol. The summed E-state index contributed by atoms with van der Waals surface area (Å²) in [6.45, 7) is 0. The minimum absolute atomic E-state index is 0.0997. The Bertz CT molecular complexity index is 1030. The van der Waals surface area contributed by atoms with Crippen molar-refractivity contribution in [1.82, 2.24) is 0 Å². The fourth-order valence-electron chi connectivity index (χ4n) is 5.21. The Morgan fingerprint density at radius 1 is 0.933 bits per heavy atom. The quantitative estimate of drug-likeness (QED) is 0.253. The van der Waals surface area contributed by atoms with Crippen LogP contribution in [0.25, 0.3) is 0 Å². The van der Waals surface area contributed by atoms with Crippen molar-refractivity contribution in [2.75, 3.05) is 4.90 Å². The second-order valence-corrected chi connectivity index (χ2v) is 8.08. The molecule has 8 heteroatoms. The molecule has 8 nitrogen and oxygen atoms in total. The van der Waals surface area contributed by atoms with E-state index >= 15 is 0 Å². The zero-order valence-corrected chi connectivity index (χ0v) is 15.9. The van der Waals surface area contributed by atoms with Crippen LogP contribution in [0.1, 0.15) is 29.6 Å². The molecule has 1 saturated heterocycles. The molecule has 2 aromatic carbocycles. The summed E-state index contributed by atoms with van der Waals surface area (Å²) < 4.78 is 5.23. The smallest absolute Gasteiger partial charge is 0.343 e. The molecule has 30 heavy (non-hydrogen) atoms. The van der Waals surface area contributed by atoms with Gasteiger partial charge in [0.2, 0.25) is 11.8 Å². The van der Waals surface area contributed by atoms with Crippen LogP contribution in [-0.4, -0.2) is 22.7 Å². The summed E-state index contributed by atoms with van der Waals surface area (Å²) in [5.41, 5.74) is 0.611. The van der Waals surface area contributed by atoms with E-state index in [0.29, 0.717) is 17.5 Å². The Morgan fingerprint density at radius 3 is 2.03 bits per heavy atom. The Balaban J connectivity index is 1.31. The molecule has 0 spiro atoms. The number of hydrogen-bond donors (Lipinski definition) is 0. The van der Waals surface area contributed by atoms with Crippen LogP contribution in [-0.2, 0) is 9.59 Å². The normalized spacial score (nSPS) is 26.7. The molecule has 4 unspecified atom stereocenters. The van der Waals surface area contributed by atoms with Gasteiger partial charge in [-0.25, -0.2) is 4.79 Å². The van der Waals surface area contributed by atoms with Crippen LogP contribution in [0.15, 0.2) is 48.5 Å². The van der Waals surface area contributed by atoms with E-state index in [1.165, 1.54) is 41.3 Å². The first-order valence-electron chi connectivity index (χ1n) is 9.88. The van der Waals surface area contributed by atoms with Gasteiger partial charge in [-0.05, 0) is 67.5 Å². The third kappa shape index (κ3) is 2.79. The lowest BCUT2D eigenvalue weighted by Gasteiger charge is -2.19. The predicted molar refractivity (Wildman–Crippen MR) is 105 cm³/mol. The maximum absolute atomic E-state index is 12.9. The fourth-order valence-corrected chi connectivity index (χ4v) is 5.21. The predicted octanol–water partition coefficient (Wildman–Crippen LogP) is 3.35. The molecule has 1 heterocycles. The average Bonchev–Trinajstić information content (AvgIpc) is 3.42. The zero-order chi connectivity index (χ0) is 21.0. The SMILES string of the molecule is O=C(Oc1ccc([N+](=O)[O-])cc1)c1ccc(N2C(=O)C3C4CCC(C4)C3C2=O)cc1. The third-order valence-electron chi connectivity index (χ3n) is 6.55. The van der Waals surface area contributed by atoms with Crippen LogP contribution in [0.2, 0.25) is 0 Å². The van der Waals surface area contributed by atoms with Gasteiger partial charge >= 0.3 is 5.97 Å². The molecule has 0 radical (unpaired) electrons. The maximum atomic E-state index is 12.9. The van der Waals surface area contributed by atoms with Gasteiger partial charge in [0.1, 0.15) is 5.75 Å². The van der Waals surface area contributed by atoms with E-state index in [2.05, 4.69) is 0 Å². The number of nitro groups is 1. The molecular weight excluding hydrogens is 388 g/mol. The molecule has 2 aliphatic carbocycles. The van der Waals surface area contributed by atoms with Gasteiger partial charge in [0, 0.05) is 12.1 Å². The van der Waals surface area contributed by atoms with E-state index in [1.807, 2.05) is 0 Å². The summed E-state index contributed by atoms with van der Waals surface area (Å²) in [4.78, 5) is 49.5. The Kier molecular flexibility index (Phi) is 4.16. The third-order valence-corrected chi connectivity index (χ3v) is 6.55. The van der Waals surface area contributed by atoms with Gasteiger partial charge < -0.3 is 4.74 Å². The van der Waals surface area contributed by atoms with Crippen molar-refractivity contribution in [3.8, 4) is 5.75 Å². The number of fused-ring (bicyclic) bond motifs is 5. The first kappa shape index (κ1) is 18.5. The molecule has 2 amide bonds. The second-order valence-electron chi connectivity index (χ2n) is 8.08. The van der Waals surface area contributed by atoms with Crippen LogP contribution < -0.4 is 9.64 Å². The van der Waals surface area contributed by atoms with Gasteiger partial charge in [-0.15, -0.1) is 0 Å². The summed E-state index contributed by atoms with van der Waals surface area (Å²) in [7, 11) is 0. The summed E-state index contributed by atoms with van der Waals surface area (Å²) in [5, 5.41) is 10.7. The van der Waals surface area contributed by atoms with Crippen molar-refractivity contribution >= 4 is 29.2 Å². The van der Waals surface area contributed by atoms with Crippen LogP contribution in [0.5, 0.6) is 5.75 Å². The van der Waals surface area contributed by atoms with E-state index in [4.69, 9.17) is 4.74 Å². The zero-order valence-electron chi connectivity index (χ0n) is 15.9. The standard InChI is InChI=1S/C22H18N2O6/c25-20-18-13-1-2-14(11-13)19(18)21(26)23(20)15-5-3-12(4-6-15)22(27)30-17-9-7-16(8-10-17)24(28)29/h3-10,13-14,18-19H,1-2,11H2. The van der Waals surface area contributed by atoms with E-state index in [1.54, 1.807) is 12.1 Å². The number of rotatable bonds is 4. The summed E-state index contributed by atoms with van der Waals surface area (Å²) in [6.07, 6.45) is 3.02. The number of carbonyl (C=O) groups excluding carboxylic acids is 3. The number of nitrogens with zero attached hydrogens (tertiary/aromatic N) is 2. The molecular formula is C22H18N2O6. The summed E-state index contributed by atoms with van der Waals surface area (Å²) >= 11 is 0. The van der Waals surface area contributed by atoms with Gasteiger partial charge in [-0.2, -0.15) is 0 Å². The number of nitro benzene ring substituents is 1. The van der Waals surface area contributed by atoms with Gasteiger partial charge in [0.15, 0.2) is 0 Å². The molecule has 5 rings (SSSR count). The number of anilines is 1. The maximum Gasteiger partial charge on any atom is 0.343 e. The highest BCUT2D eigenvalue weighted by Gasteiger charge is 2.61. The summed E-state index contributed by atoms with van der Waals surface area (Å²) in [5.74, 6) is -0.454. The number of esters is 1. The topological polar surface area (TPSA) is 107 Å². The highest BCUT2D eigenvalue weighted by Crippen LogP contribution is 2.56. The average molecular weight is 406 g/mol. The lowest BCUT2D eigenvalue weighted by Crippen LogP contribution is -2.32. The lowest BCUT2D eigenvalue weighted by atomic mass is 9.81. The van der Waals surface area contributed by atoms with Gasteiger partial charge in [0.05, 0.1) is 28.0 Å². The Morgan fingerprint density at radius 2 is 1.50 bits per heavy atom. The summed E-state index contributed by atoms with van der Waals surface area (Å²) in [6, 6.07) is 11.4.